The van der Waals surface area contributed by atoms with Gasteiger partial charge in [0.25, 0.3) is 0 Å². The zero-order valence-electron chi connectivity index (χ0n) is 10.5. The molecule has 1 heterocycles. The molecule has 0 unspecified atom stereocenters. The van der Waals surface area contributed by atoms with Gasteiger partial charge in [0.05, 0.1) is 7.11 Å². The molecule has 90 valence electrons. The van der Waals surface area contributed by atoms with Crippen molar-refractivity contribution >= 4 is 6.09 Å². The fourth-order valence-electron chi connectivity index (χ4n) is 1.60. The number of hydrogen-bond donors (Lipinski definition) is 0. The second kappa shape index (κ2) is 8.53. The van der Waals surface area contributed by atoms with E-state index in [9.17, 15) is 4.79 Å². The minimum absolute atomic E-state index is 0.198. The highest BCUT2D eigenvalue weighted by atomic mass is 16.5. The van der Waals surface area contributed by atoms with E-state index in [1.165, 1.54) is 13.5 Å². The Morgan fingerprint density at radius 1 is 1.20 bits per heavy atom. The molecule has 1 saturated heterocycles. The molecular formula is C11H24N2O2. The Labute approximate surface area is 93.2 Å². The summed E-state index contributed by atoms with van der Waals surface area (Å²) in [4.78, 5) is 15.2. The van der Waals surface area contributed by atoms with Gasteiger partial charge in [0.1, 0.15) is 0 Å². The number of hydrogen-bond acceptors (Lipinski definition) is 3. The second-order valence-corrected chi connectivity index (χ2v) is 3.30. The van der Waals surface area contributed by atoms with E-state index in [-0.39, 0.29) is 6.09 Å². The van der Waals surface area contributed by atoms with Crippen LogP contribution in [0.1, 0.15) is 27.2 Å². The monoisotopic (exact) mass is 216 g/mol. The van der Waals surface area contributed by atoms with Crippen LogP contribution in [0.5, 0.6) is 0 Å². The Kier molecular flexibility index (Phi) is 8.09. The zero-order chi connectivity index (χ0) is 11.7. The molecule has 0 atom stereocenters. The summed E-state index contributed by atoms with van der Waals surface area (Å²) < 4.78 is 4.65. The van der Waals surface area contributed by atoms with Crippen LogP contribution in [0.4, 0.5) is 4.79 Å². The Bertz CT molecular complexity index is 166. The van der Waals surface area contributed by atoms with E-state index in [1.807, 2.05) is 13.8 Å². The SMILES string of the molecule is CC.CCCN1CCN(C(=O)OC)CC1. The van der Waals surface area contributed by atoms with Crippen LogP contribution in [0.25, 0.3) is 0 Å². The quantitative estimate of drug-likeness (QED) is 0.705. The highest BCUT2D eigenvalue weighted by molar-refractivity contribution is 5.67. The Morgan fingerprint density at radius 2 is 1.73 bits per heavy atom. The summed E-state index contributed by atoms with van der Waals surface area (Å²) >= 11 is 0. The Morgan fingerprint density at radius 3 is 2.13 bits per heavy atom. The van der Waals surface area contributed by atoms with Crippen LogP contribution in [0, 0.1) is 0 Å². The average molecular weight is 216 g/mol. The van der Waals surface area contributed by atoms with E-state index in [0.717, 1.165) is 32.7 Å². The van der Waals surface area contributed by atoms with E-state index in [4.69, 9.17) is 0 Å². The van der Waals surface area contributed by atoms with Gasteiger partial charge in [-0.3, -0.25) is 4.90 Å². The van der Waals surface area contributed by atoms with Crippen molar-refractivity contribution in [1.82, 2.24) is 9.80 Å². The highest BCUT2D eigenvalue weighted by Gasteiger charge is 2.20. The lowest BCUT2D eigenvalue weighted by Gasteiger charge is -2.33. The molecule has 0 aromatic heterocycles. The molecule has 4 nitrogen and oxygen atoms in total. The minimum Gasteiger partial charge on any atom is -0.453 e. The Balaban J connectivity index is 0.000000921. The summed E-state index contributed by atoms with van der Waals surface area (Å²) in [5, 5.41) is 0. The van der Waals surface area contributed by atoms with Gasteiger partial charge in [0, 0.05) is 26.2 Å². The normalized spacial score (nSPS) is 16.7. The highest BCUT2D eigenvalue weighted by Crippen LogP contribution is 2.03. The first-order chi connectivity index (χ1) is 7.27. The number of ether oxygens (including phenoxy) is 1. The molecule has 0 saturated carbocycles. The molecule has 1 aliphatic heterocycles. The number of piperazine rings is 1. The first kappa shape index (κ1) is 14.2. The smallest absolute Gasteiger partial charge is 0.409 e. The van der Waals surface area contributed by atoms with Crippen molar-refractivity contribution in [3.05, 3.63) is 0 Å². The van der Waals surface area contributed by atoms with Gasteiger partial charge < -0.3 is 9.64 Å². The maximum atomic E-state index is 11.1. The number of methoxy groups -OCH3 is 1. The van der Waals surface area contributed by atoms with Crippen LogP contribution >= 0.6 is 0 Å². The van der Waals surface area contributed by atoms with E-state index in [0.29, 0.717) is 0 Å². The molecule has 0 spiro atoms. The molecule has 0 N–H and O–H groups in total. The van der Waals surface area contributed by atoms with Gasteiger partial charge in [0.15, 0.2) is 0 Å². The summed E-state index contributed by atoms with van der Waals surface area (Å²) in [5.74, 6) is 0. The number of carbonyl (C=O) groups is 1. The first-order valence-electron chi connectivity index (χ1n) is 5.83. The van der Waals surface area contributed by atoms with Gasteiger partial charge in [-0.05, 0) is 13.0 Å². The van der Waals surface area contributed by atoms with Crippen molar-refractivity contribution < 1.29 is 9.53 Å². The number of rotatable bonds is 2. The molecule has 1 rings (SSSR count). The van der Waals surface area contributed by atoms with Crippen LogP contribution in [0.2, 0.25) is 0 Å². The van der Waals surface area contributed by atoms with Crippen molar-refractivity contribution in [2.75, 3.05) is 39.8 Å². The van der Waals surface area contributed by atoms with E-state index < -0.39 is 0 Å². The fraction of sp³-hybridized carbons (Fsp3) is 0.909. The van der Waals surface area contributed by atoms with Gasteiger partial charge >= 0.3 is 6.09 Å². The van der Waals surface area contributed by atoms with Crippen LogP contribution in [0.15, 0.2) is 0 Å². The molecule has 1 amide bonds. The van der Waals surface area contributed by atoms with Crippen molar-refractivity contribution in [3.63, 3.8) is 0 Å². The molecule has 15 heavy (non-hydrogen) atoms. The minimum atomic E-state index is -0.198. The Hall–Kier alpha value is -0.770. The summed E-state index contributed by atoms with van der Waals surface area (Å²) in [5.41, 5.74) is 0. The molecule has 0 bridgehead atoms. The van der Waals surface area contributed by atoms with Gasteiger partial charge in [-0.1, -0.05) is 20.8 Å². The van der Waals surface area contributed by atoms with E-state index in [1.54, 1.807) is 4.90 Å². The van der Waals surface area contributed by atoms with Crippen LogP contribution in [0.3, 0.4) is 0 Å². The standard InChI is InChI=1S/C9H18N2O2.C2H6/c1-3-4-10-5-7-11(8-6-10)9(12)13-2;1-2/h3-8H2,1-2H3;1-2H3. The van der Waals surface area contributed by atoms with E-state index >= 15 is 0 Å². The molecule has 4 heteroatoms. The summed E-state index contributed by atoms with van der Waals surface area (Å²) in [6, 6.07) is 0. The lowest BCUT2D eigenvalue weighted by molar-refractivity contribution is 0.0911. The third kappa shape index (κ3) is 5.02. The number of carbonyl (C=O) groups excluding carboxylic acids is 1. The second-order valence-electron chi connectivity index (χ2n) is 3.30. The van der Waals surface area contributed by atoms with Gasteiger partial charge in [-0.25, -0.2) is 4.79 Å². The maximum absolute atomic E-state index is 11.1. The maximum Gasteiger partial charge on any atom is 0.409 e. The summed E-state index contributed by atoms with van der Waals surface area (Å²) in [6.45, 7) is 10.9. The summed E-state index contributed by atoms with van der Waals surface area (Å²) in [6.07, 6.45) is 0.981. The first-order valence-corrected chi connectivity index (χ1v) is 5.83. The molecule has 0 radical (unpaired) electrons. The van der Waals surface area contributed by atoms with Gasteiger partial charge in [-0.15, -0.1) is 0 Å². The van der Waals surface area contributed by atoms with Gasteiger partial charge in [-0.2, -0.15) is 0 Å². The van der Waals surface area contributed by atoms with Crippen molar-refractivity contribution in [2.24, 2.45) is 0 Å². The topological polar surface area (TPSA) is 32.8 Å². The van der Waals surface area contributed by atoms with Crippen molar-refractivity contribution in [3.8, 4) is 0 Å². The summed E-state index contributed by atoms with van der Waals surface area (Å²) in [7, 11) is 1.43. The molecular weight excluding hydrogens is 192 g/mol. The fourth-order valence-corrected chi connectivity index (χ4v) is 1.60. The predicted octanol–water partition coefficient (Wildman–Crippen LogP) is 1.81. The lowest BCUT2D eigenvalue weighted by atomic mass is 10.3. The third-order valence-electron chi connectivity index (χ3n) is 2.34. The average Bonchev–Trinajstić information content (AvgIpc) is 2.32. The van der Waals surface area contributed by atoms with Gasteiger partial charge in [0.2, 0.25) is 0 Å². The largest absolute Gasteiger partial charge is 0.453 e. The number of nitrogens with zero attached hydrogens (tertiary/aromatic N) is 2. The van der Waals surface area contributed by atoms with Crippen LogP contribution in [-0.2, 0) is 4.74 Å². The molecule has 1 aliphatic rings. The van der Waals surface area contributed by atoms with Crippen molar-refractivity contribution in [1.29, 1.82) is 0 Å². The predicted molar refractivity (Wildman–Crippen MR) is 62.1 cm³/mol. The van der Waals surface area contributed by atoms with E-state index in [2.05, 4.69) is 16.6 Å². The zero-order valence-corrected chi connectivity index (χ0v) is 10.5. The molecule has 0 aromatic carbocycles. The van der Waals surface area contributed by atoms with Crippen LogP contribution in [-0.4, -0.2) is 55.7 Å². The lowest BCUT2D eigenvalue weighted by Crippen LogP contribution is -2.48. The molecule has 0 aromatic rings. The molecule has 1 fully saturated rings. The number of amides is 1. The third-order valence-corrected chi connectivity index (χ3v) is 2.34. The van der Waals surface area contributed by atoms with Crippen molar-refractivity contribution in [2.45, 2.75) is 27.2 Å². The molecule has 0 aliphatic carbocycles. The van der Waals surface area contributed by atoms with Crippen LogP contribution < -0.4 is 0 Å².